The van der Waals surface area contributed by atoms with E-state index in [9.17, 15) is 9.59 Å². The number of carbonyl (C=O) groups is 1. The molecule has 0 atom stereocenters. The first kappa shape index (κ1) is 23.5. The predicted octanol–water partition coefficient (Wildman–Crippen LogP) is 4.31. The summed E-state index contributed by atoms with van der Waals surface area (Å²) in [6.45, 7) is 5.80. The summed E-state index contributed by atoms with van der Waals surface area (Å²) in [5.41, 5.74) is 2.06. The minimum Gasteiger partial charge on any atom is -0.379 e. The van der Waals surface area contributed by atoms with Crippen LogP contribution in [0.3, 0.4) is 0 Å². The summed E-state index contributed by atoms with van der Waals surface area (Å²) in [6, 6.07) is 7.42. The van der Waals surface area contributed by atoms with Gasteiger partial charge in [0.2, 0.25) is 5.91 Å². The first-order chi connectivity index (χ1) is 15.0. The summed E-state index contributed by atoms with van der Waals surface area (Å²) in [5, 5.41) is 4.15. The normalized spacial score (nSPS) is 14.1. The number of ether oxygens (including phenoxy) is 1. The molecule has 0 spiro atoms. The van der Waals surface area contributed by atoms with Gasteiger partial charge in [0.15, 0.2) is 5.16 Å². The Kier molecular flexibility index (Phi) is 9.15. The van der Waals surface area contributed by atoms with Crippen molar-refractivity contribution < 1.29 is 9.53 Å². The van der Waals surface area contributed by atoms with E-state index in [1.54, 1.807) is 4.57 Å². The van der Waals surface area contributed by atoms with Crippen molar-refractivity contribution in [1.29, 1.82) is 0 Å². The van der Waals surface area contributed by atoms with Crippen LogP contribution in [0.5, 0.6) is 0 Å². The van der Waals surface area contributed by atoms with Crippen LogP contribution in [-0.4, -0.2) is 40.5 Å². The third-order valence-electron chi connectivity index (χ3n) is 5.29. The highest BCUT2D eigenvalue weighted by Crippen LogP contribution is 2.23. The molecule has 0 fully saturated rings. The van der Waals surface area contributed by atoms with Crippen LogP contribution in [0.4, 0.5) is 0 Å². The number of nitrogens with zero attached hydrogens (tertiary/aromatic N) is 2. The Morgan fingerprint density at radius 1 is 1.29 bits per heavy atom. The molecule has 31 heavy (non-hydrogen) atoms. The Morgan fingerprint density at radius 3 is 2.90 bits per heavy atom. The molecule has 0 saturated carbocycles. The molecule has 1 aromatic heterocycles. The molecule has 1 aliphatic rings. The van der Waals surface area contributed by atoms with Gasteiger partial charge in [-0.2, -0.15) is 0 Å². The Labute approximate surface area is 188 Å². The van der Waals surface area contributed by atoms with Crippen LogP contribution < -0.4 is 10.9 Å². The van der Waals surface area contributed by atoms with Gasteiger partial charge in [0.25, 0.3) is 5.56 Å². The maximum atomic E-state index is 13.1. The maximum absolute atomic E-state index is 13.1. The summed E-state index contributed by atoms with van der Waals surface area (Å²) < 4.78 is 7.23. The second-order valence-corrected chi connectivity index (χ2v) is 9.08. The summed E-state index contributed by atoms with van der Waals surface area (Å²) in [5.74, 6) is 0.178. The molecule has 168 valence electrons. The zero-order valence-electron chi connectivity index (χ0n) is 18.6. The highest BCUT2D eigenvalue weighted by molar-refractivity contribution is 7.99. The molecule has 0 radical (unpaired) electrons. The van der Waals surface area contributed by atoms with E-state index < -0.39 is 0 Å². The van der Waals surface area contributed by atoms with E-state index in [0.717, 1.165) is 25.7 Å². The number of hydrogen-bond acceptors (Lipinski definition) is 5. The van der Waals surface area contributed by atoms with Gasteiger partial charge in [0, 0.05) is 19.7 Å². The fourth-order valence-electron chi connectivity index (χ4n) is 3.64. The second-order valence-electron chi connectivity index (χ2n) is 8.14. The van der Waals surface area contributed by atoms with Crippen molar-refractivity contribution in [2.75, 3.05) is 18.9 Å². The maximum Gasteiger partial charge on any atom is 0.262 e. The topological polar surface area (TPSA) is 73.2 Å². The van der Waals surface area contributed by atoms with Crippen LogP contribution in [0.15, 0.2) is 45.9 Å². The Morgan fingerprint density at radius 2 is 2.13 bits per heavy atom. The second kappa shape index (κ2) is 12.1. The number of amides is 1. The number of carbonyl (C=O) groups excluding carboxylic acids is 1. The number of hydrogen-bond donors (Lipinski definition) is 1. The van der Waals surface area contributed by atoms with E-state index in [0.29, 0.717) is 35.8 Å². The zero-order chi connectivity index (χ0) is 22.1. The summed E-state index contributed by atoms with van der Waals surface area (Å²) in [7, 11) is 0. The molecule has 1 heterocycles. The number of rotatable bonds is 11. The first-order valence-electron chi connectivity index (χ1n) is 11.2. The fourth-order valence-corrected chi connectivity index (χ4v) is 4.50. The lowest BCUT2D eigenvalue weighted by atomic mass is 9.97. The molecule has 1 aliphatic carbocycles. The lowest BCUT2D eigenvalue weighted by Gasteiger charge is -2.16. The molecule has 6 nitrogen and oxygen atoms in total. The van der Waals surface area contributed by atoms with Crippen molar-refractivity contribution in [3.05, 3.63) is 46.3 Å². The number of thioether (sulfide) groups is 1. The van der Waals surface area contributed by atoms with Gasteiger partial charge in [-0.3, -0.25) is 14.2 Å². The molecule has 0 saturated heterocycles. The highest BCUT2D eigenvalue weighted by Gasteiger charge is 2.14. The number of aromatic nitrogens is 2. The molecule has 7 heteroatoms. The van der Waals surface area contributed by atoms with Crippen molar-refractivity contribution >= 4 is 28.6 Å². The number of para-hydroxylation sites is 1. The fraction of sp³-hybridized carbons (Fsp3) is 0.542. The van der Waals surface area contributed by atoms with Crippen molar-refractivity contribution in [3.63, 3.8) is 0 Å². The summed E-state index contributed by atoms with van der Waals surface area (Å²) in [6.07, 6.45) is 8.86. The molecule has 3 rings (SSSR count). The molecule has 1 N–H and O–H groups in total. The lowest BCUT2D eigenvalue weighted by molar-refractivity contribution is -0.118. The summed E-state index contributed by atoms with van der Waals surface area (Å²) in [4.78, 5) is 30.1. The van der Waals surface area contributed by atoms with E-state index in [2.05, 4.69) is 11.4 Å². The Hall–Kier alpha value is -2.12. The lowest BCUT2D eigenvalue weighted by Crippen LogP contribution is -2.28. The zero-order valence-corrected chi connectivity index (χ0v) is 19.4. The van der Waals surface area contributed by atoms with Crippen molar-refractivity contribution in [2.24, 2.45) is 0 Å². The van der Waals surface area contributed by atoms with E-state index in [4.69, 9.17) is 9.72 Å². The van der Waals surface area contributed by atoms with Gasteiger partial charge in [0.05, 0.1) is 22.8 Å². The van der Waals surface area contributed by atoms with Gasteiger partial charge in [0.1, 0.15) is 0 Å². The van der Waals surface area contributed by atoms with Crippen LogP contribution in [-0.2, 0) is 16.1 Å². The molecule has 0 unspecified atom stereocenters. The van der Waals surface area contributed by atoms with Crippen molar-refractivity contribution in [2.45, 2.75) is 70.2 Å². The molecule has 0 bridgehead atoms. The average Bonchev–Trinajstić information content (AvgIpc) is 2.77. The van der Waals surface area contributed by atoms with Crippen LogP contribution in [0.2, 0.25) is 0 Å². The van der Waals surface area contributed by atoms with Crippen LogP contribution >= 0.6 is 11.8 Å². The van der Waals surface area contributed by atoms with Crippen LogP contribution in [0.1, 0.15) is 52.4 Å². The Bertz CT molecular complexity index is 968. The monoisotopic (exact) mass is 443 g/mol. The smallest absolute Gasteiger partial charge is 0.262 e. The van der Waals surface area contributed by atoms with Gasteiger partial charge in [-0.05, 0) is 64.5 Å². The van der Waals surface area contributed by atoms with Gasteiger partial charge in [-0.15, -0.1) is 0 Å². The molecular formula is C24H33N3O3S. The number of nitrogens with one attached hydrogen (secondary N) is 1. The summed E-state index contributed by atoms with van der Waals surface area (Å²) >= 11 is 1.33. The van der Waals surface area contributed by atoms with Crippen molar-refractivity contribution in [3.8, 4) is 0 Å². The van der Waals surface area contributed by atoms with E-state index >= 15 is 0 Å². The predicted molar refractivity (Wildman–Crippen MR) is 127 cm³/mol. The van der Waals surface area contributed by atoms with E-state index in [1.807, 2.05) is 38.1 Å². The highest BCUT2D eigenvalue weighted by atomic mass is 32.2. The number of allylic oxidation sites excluding steroid dienone is 2. The molecule has 0 aliphatic heterocycles. The quantitative estimate of drug-likeness (QED) is 0.242. The minimum atomic E-state index is -0.0570. The van der Waals surface area contributed by atoms with Crippen molar-refractivity contribution in [1.82, 2.24) is 14.9 Å². The third kappa shape index (κ3) is 7.21. The molecule has 1 aromatic carbocycles. The van der Waals surface area contributed by atoms with E-state index in [1.165, 1.54) is 30.2 Å². The average molecular weight is 444 g/mol. The SMILES string of the molecule is CC(C)OCCCNC(=O)CSc1nc2ccccc2c(=O)n1CCC1=CCCCC1. The van der Waals surface area contributed by atoms with Crippen LogP contribution in [0.25, 0.3) is 10.9 Å². The number of benzene rings is 1. The van der Waals surface area contributed by atoms with E-state index in [-0.39, 0.29) is 23.3 Å². The third-order valence-corrected chi connectivity index (χ3v) is 6.27. The van der Waals surface area contributed by atoms with Gasteiger partial charge in [-0.25, -0.2) is 4.98 Å². The molecular weight excluding hydrogens is 410 g/mol. The van der Waals surface area contributed by atoms with Gasteiger partial charge < -0.3 is 10.1 Å². The molecule has 1 amide bonds. The number of fused-ring (bicyclic) bond motifs is 1. The Balaban J connectivity index is 1.65. The first-order valence-corrected chi connectivity index (χ1v) is 12.2. The standard InChI is InChI=1S/C24H33N3O3S/c1-18(2)30-16-8-14-25-22(28)17-31-24-26-21-12-7-6-11-20(21)23(29)27(24)15-13-19-9-4-3-5-10-19/h6-7,9,11-12,18H,3-5,8,10,13-17H2,1-2H3,(H,25,28). The van der Waals surface area contributed by atoms with Gasteiger partial charge in [-0.1, -0.05) is 35.5 Å². The largest absolute Gasteiger partial charge is 0.379 e. The minimum absolute atomic E-state index is 0.0317. The van der Waals surface area contributed by atoms with Crippen LogP contribution in [0, 0.1) is 0 Å². The van der Waals surface area contributed by atoms with Gasteiger partial charge >= 0.3 is 0 Å². The molecule has 2 aromatic rings.